The van der Waals surface area contributed by atoms with Gasteiger partial charge in [-0.2, -0.15) is 4.68 Å². The summed E-state index contributed by atoms with van der Waals surface area (Å²) in [4.78, 5) is 11.4. The Kier molecular flexibility index (Phi) is 4.26. The van der Waals surface area contributed by atoms with Crippen LogP contribution in [-0.4, -0.2) is 22.0 Å². The fourth-order valence-corrected chi connectivity index (χ4v) is 1.68. The maximum atomic E-state index is 13.5. The minimum Gasteiger partial charge on any atom is -0.390 e. The third-order valence-corrected chi connectivity index (χ3v) is 2.58. The molecule has 1 atom stereocenters. The second kappa shape index (κ2) is 5.93. The quantitative estimate of drug-likeness (QED) is 0.887. The first kappa shape index (κ1) is 14.4. The number of nitrogens with zero attached hydrogens (tertiary/aromatic N) is 2. The molecule has 108 valence electrons. The molecule has 8 heteroatoms. The zero-order valence-electron chi connectivity index (χ0n) is 10.5. The van der Waals surface area contributed by atoms with Crippen molar-refractivity contribution in [3.63, 3.8) is 0 Å². The number of ether oxygens (including phenoxy) is 1. The molecular weight excluding hydrogens is 274 g/mol. The van der Waals surface area contributed by atoms with Crippen LogP contribution in [0.25, 0.3) is 0 Å². The molecule has 0 fully saturated rings. The monoisotopic (exact) mass is 286 g/mol. The molecule has 0 radical (unpaired) electrons. The Bertz CT molecular complexity index is 653. The van der Waals surface area contributed by atoms with Crippen LogP contribution in [0.5, 0.6) is 0 Å². The van der Waals surface area contributed by atoms with Crippen molar-refractivity contribution in [3.8, 4) is 0 Å². The Hall–Kier alpha value is -2.06. The summed E-state index contributed by atoms with van der Waals surface area (Å²) in [5.41, 5.74) is -0.130. The summed E-state index contributed by atoms with van der Waals surface area (Å²) < 4.78 is 36.6. The van der Waals surface area contributed by atoms with Gasteiger partial charge in [0.2, 0.25) is 5.89 Å². The maximum absolute atomic E-state index is 13.5. The molecule has 0 aliphatic carbocycles. The minimum absolute atomic E-state index is 0.00322. The van der Waals surface area contributed by atoms with Gasteiger partial charge in [0, 0.05) is 18.7 Å². The summed E-state index contributed by atoms with van der Waals surface area (Å²) in [5, 5.41) is 13.6. The lowest BCUT2D eigenvalue weighted by Crippen LogP contribution is -2.21. The largest absolute Gasteiger partial charge is 0.437 e. The van der Waals surface area contributed by atoms with E-state index >= 15 is 0 Å². The molecule has 0 aliphatic heterocycles. The molecule has 0 saturated carbocycles. The van der Waals surface area contributed by atoms with Gasteiger partial charge in [-0.25, -0.2) is 13.6 Å². The number of rotatable bonds is 5. The van der Waals surface area contributed by atoms with Crippen LogP contribution in [0.2, 0.25) is 0 Å². The van der Waals surface area contributed by atoms with Crippen LogP contribution in [0.1, 0.15) is 17.6 Å². The second-order valence-corrected chi connectivity index (χ2v) is 4.06. The van der Waals surface area contributed by atoms with Crippen LogP contribution in [0.4, 0.5) is 8.78 Å². The van der Waals surface area contributed by atoms with Gasteiger partial charge in [-0.05, 0) is 6.07 Å². The highest BCUT2D eigenvalue weighted by Gasteiger charge is 2.17. The first-order valence-corrected chi connectivity index (χ1v) is 5.70. The van der Waals surface area contributed by atoms with E-state index in [1.54, 1.807) is 0 Å². The molecule has 0 bridgehead atoms. The van der Waals surface area contributed by atoms with E-state index in [9.17, 15) is 18.7 Å². The lowest BCUT2D eigenvalue weighted by molar-refractivity contribution is 0.143. The van der Waals surface area contributed by atoms with E-state index in [2.05, 4.69) is 5.10 Å². The predicted molar refractivity (Wildman–Crippen MR) is 62.8 cm³/mol. The molecule has 0 aliphatic rings. The lowest BCUT2D eigenvalue weighted by atomic mass is 10.1. The Morgan fingerprint density at radius 3 is 2.90 bits per heavy atom. The Balaban J connectivity index is 2.18. The highest BCUT2D eigenvalue weighted by molar-refractivity contribution is 5.20. The van der Waals surface area contributed by atoms with Crippen LogP contribution in [0.15, 0.2) is 27.4 Å². The SMILES string of the molecule is COCc1nn(CC(O)c2ccc(F)cc2F)c(=O)o1. The first-order valence-electron chi connectivity index (χ1n) is 5.70. The van der Waals surface area contributed by atoms with E-state index in [-0.39, 0.29) is 24.6 Å². The third-order valence-electron chi connectivity index (χ3n) is 2.58. The van der Waals surface area contributed by atoms with Gasteiger partial charge < -0.3 is 14.3 Å². The number of aromatic nitrogens is 2. The van der Waals surface area contributed by atoms with Gasteiger partial charge in [0.25, 0.3) is 0 Å². The van der Waals surface area contributed by atoms with Gasteiger partial charge in [0.1, 0.15) is 24.3 Å². The van der Waals surface area contributed by atoms with Gasteiger partial charge in [0.05, 0.1) is 6.54 Å². The van der Waals surface area contributed by atoms with Crippen molar-refractivity contribution in [2.75, 3.05) is 7.11 Å². The van der Waals surface area contributed by atoms with Gasteiger partial charge in [-0.1, -0.05) is 6.07 Å². The zero-order chi connectivity index (χ0) is 14.7. The van der Waals surface area contributed by atoms with Crippen molar-refractivity contribution >= 4 is 0 Å². The molecule has 2 rings (SSSR count). The summed E-state index contributed by atoms with van der Waals surface area (Å²) in [6, 6.07) is 2.78. The predicted octanol–water partition coefficient (Wildman–Crippen LogP) is 0.995. The van der Waals surface area contributed by atoms with Gasteiger partial charge in [0.15, 0.2) is 0 Å². The van der Waals surface area contributed by atoms with Crippen molar-refractivity contribution in [1.29, 1.82) is 0 Å². The third kappa shape index (κ3) is 3.09. The molecule has 1 aromatic heterocycles. The smallest absolute Gasteiger partial charge is 0.390 e. The molecule has 20 heavy (non-hydrogen) atoms. The van der Waals surface area contributed by atoms with Crippen LogP contribution < -0.4 is 5.76 Å². The van der Waals surface area contributed by atoms with Crippen molar-refractivity contribution in [3.05, 3.63) is 51.8 Å². The fraction of sp³-hybridized carbons (Fsp3) is 0.333. The Labute approximate surface area is 112 Å². The molecule has 0 amide bonds. The number of benzene rings is 1. The molecule has 1 N–H and O–H groups in total. The molecule has 0 saturated heterocycles. The van der Waals surface area contributed by atoms with Crippen LogP contribution in [0.3, 0.4) is 0 Å². The average Bonchev–Trinajstić information content (AvgIpc) is 2.70. The maximum Gasteiger partial charge on any atom is 0.437 e. The van der Waals surface area contributed by atoms with Crippen molar-refractivity contribution in [2.45, 2.75) is 19.3 Å². The van der Waals surface area contributed by atoms with E-state index in [0.717, 1.165) is 16.8 Å². The number of methoxy groups -OCH3 is 1. The number of hydrogen-bond acceptors (Lipinski definition) is 5. The van der Waals surface area contributed by atoms with Crippen molar-refractivity contribution in [1.82, 2.24) is 9.78 Å². The summed E-state index contributed by atoms with van der Waals surface area (Å²) in [7, 11) is 1.40. The second-order valence-electron chi connectivity index (χ2n) is 4.06. The van der Waals surface area contributed by atoms with Crippen molar-refractivity contribution in [2.24, 2.45) is 0 Å². The van der Waals surface area contributed by atoms with Crippen LogP contribution in [-0.2, 0) is 17.9 Å². The topological polar surface area (TPSA) is 77.5 Å². The summed E-state index contributed by atoms with van der Waals surface area (Å²) in [5.74, 6) is -2.39. The number of halogens is 2. The Morgan fingerprint density at radius 2 is 2.25 bits per heavy atom. The summed E-state index contributed by atoms with van der Waals surface area (Å²) in [6.07, 6.45) is -1.35. The zero-order valence-corrected chi connectivity index (χ0v) is 10.5. The molecule has 2 aromatic rings. The summed E-state index contributed by atoms with van der Waals surface area (Å²) >= 11 is 0. The average molecular weight is 286 g/mol. The normalized spacial score (nSPS) is 12.6. The molecule has 6 nitrogen and oxygen atoms in total. The standard InChI is InChI=1S/C12H12F2N2O4/c1-19-6-11-15-16(12(18)20-11)5-10(17)8-3-2-7(13)4-9(8)14/h2-4,10,17H,5-6H2,1H3. The van der Waals surface area contributed by atoms with E-state index in [1.807, 2.05) is 0 Å². The van der Waals surface area contributed by atoms with Crippen LogP contribution in [0, 0.1) is 11.6 Å². The van der Waals surface area contributed by atoms with E-state index in [4.69, 9.17) is 9.15 Å². The first-order chi connectivity index (χ1) is 9.51. The molecule has 1 aromatic carbocycles. The molecule has 0 spiro atoms. The number of aliphatic hydroxyl groups excluding tert-OH is 1. The molecule has 1 heterocycles. The van der Waals surface area contributed by atoms with Gasteiger partial charge in [-0.3, -0.25) is 0 Å². The highest BCUT2D eigenvalue weighted by Crippen LogP contribution is 2.19. The van der Waals surface area contributed by atoms with Gasteiger partial charge in [-0.15, -0.1) is 5.10 Å². The van der Waals surface area contributed by atoms with E-state index < -0.39 is 23.5 Å². The number of aliphatic hydroxyl groups is 1. The number of hydrogen-bond donors (Lipinski definition) is 1. The molecular formula is C12H12F2N2O4. The Morgan fingerprint density at radius 1 is 1.50 bits per heavy atom. The van der Waals surface area contributed by atoms with E-state index in [1.165, 1.54) is 7.11 Å². The van der Waals surface area contributed by atoms with Gasteiger partial charge >= 0.3 is 5.76 Å². The minimum atomic E-state index is -1.35. The molecule has 1 unspecified atom stereocenters. The lowest BCUT2D eigenvalue weighted by Gasteiger charge is -2.10. The summed E-state index contributed by atoms with van der Waals surface area (Å²) in [6.45, 7) is -0.308. The van der Waals surface area contributed by atoms with E-state index in [0.29, 0.717) is 6.07 Å². The van der Waals surface area contributed by atoms with Crippen LogP contribution >= 0.6 is 0 Å². The highest BCUT2D eigenvalue weighted by atomic mass is 19.1. The fourth-order valence-electron chi connectivity index (χ4n) is 1.68. The van der Waals surface area contributed by atoms with Crippen molar-refractivity contribution < 1.29 is 23.0 Å².